The summed E-state index contributed by atoms with van der Waals surface area (Å²) in [6.45, 7) is 3.90. The maximum absolute atomic E-state index is 15.3. The molecule has 45 heavy (non-hydrogen) atoms. The summed E-state index contributed by atoms with van der Waals surface area (Å²) in [6, 6.07) is 15.1. The summed E-state index contributed by atoms with van der Waals surface area (Å²) < 4.78 is 48.0. The fraction of sp³-hybridized carbons (Fsp3) is 0.242. The molecule has 0 bridgehead atoms. The van der Waals surface area contributed by atoms with E-state index in [9.17, 15) is 9.90 Å². The number of carboxylic acids is 1. The maximum Gasteiger partial charge on any atom is 0.335 e. The molecule has 230 valence electrons. The Bertz CT molecular complexity index is 1930. The highest BCUT2D eigenvalue weighted by molar-refractivity contribution is 5.95. The van der Waals surface area contributed by atoms with Gasteiger partial charge in [0.25, 0.3) is 0 Å². The summed E-state index contributed by atoms with van der Waals surface area (Å²) in [5, 5.41) is 18.4. The van der Waals surface area contributed by atoms with E-state index < -0.39 is 17.6 Å². The average Bonchev–Trinajstić information content (AvgIpc) is 3.31. The highest BCUT2D eigenvalue weighted by atomic mass is 19.1. The fourth-order valence-electron chi connectivity index (χ4n) is 4.58. The monoisotopic (exact) mass is 613 g/mol. The van der Waals surface area contributed by atoms with Crippen molar-refractivity contribution in [2.24, 2.45) is 7.05 Å². The van der Waals surface area contributed by atoms with E-state index in [0.717, 1.165) is 30.9 Å². The normalized spacial score (nSPS) is 12.1. The number of aryl methyl sites for hydroxylation is 2. The molecule has 1 saturated heterocycles. The molecule has 0 saturated carbocycles. The van der Waals surface area contributed by atoms with Crippen LogP contribution in [0.15, 0.2) is 54.6 Å². The molecule has 1 aliphatic rings. The van der Waals surface area contributed by atoms with Crippen molar-refractivity contribution in [1.82, 2.24) is 19.5 Å². The molecular weight excluding hydrogens is 584 g/mol. The van der Waals surface area contributed by atoms with Crippen molar-refractivity contribution < 1.29 is 32.9 Å². The molecule has 0 amide bonds. The van der Waals surface area contributed by atoms with Crippen LogP contribution in [-0.2, 0) is 24.8 Å². The molecule has 0 radical (unpaired) electrons. The zero-order chi connectivity index (χ0) is 32.1. The van der Waals surface area contributed by atoms with E-state index in [2.05, 4.69) is 15.0 Å². The first-order chi connectivity index (χ1) is 21.7. The average molecular weight is 614 g/mol. The van der Waals surface area contributed by atoms with Crippen LogP contribution in [0.25, 0.3) is 22.3 Å². The van der Waals surface area contributed by atoms with Crippen LogP contribution in [-0.4, -0.2) is 50.9 Å². The topological polar surface area (TPSA) is 132 Å². The Morgan fingerprint density at radius 2 is 1.82 bits per heavy atom. The minimum atomic E-state index is -1.12. The van der Waals surface area contributed by atoms with Gasteiger partial charge in [0.2, 0.25) is 5.88 Å². The van der Waals surface area contributed by atoms with Crippen molar-refractivity contribution in [3.8, 4) is 29.0 Å². The second-order valence-electron chi connectivity index (χ2n) is 10.2. The molecule has 2 aromatic carbocycles. The lowest BCUT2D eigenvalue weighted by atomic mass is 10.0. The van der Waals surface area contributed by atoms with Crippen LogP contribution in [0.4, 0.5) is 8.78 Å². The van der Waals surface area contributed by atoms with Crippen LogP contribution >= 0.6 is 0 Å². The first-order valence-electron chi connectivity index (χ1n) is 14.0. The quantitative estimate of drug-likeness (QED) is 0.232. The summed E-state index contributed by atoms with van der Waals surface area (Å²) in [5.74, 6) is -1.58. The van der Waals surface area contributed by atoms with Crippen LogP contribution in [0.5, 0.6) is 11.6 Å². The number of hydrogen-bond acceptors (Lipinski definition) is 8. The summed E-state index contributed by atoms with van der Waals surface area (Å²) in [7, 11) is 3.07. The SMILES string of the molecule is C1COC1.COc1cc(C(=O)O)cc2c1nc(Cc1cc(F)c(-c3cccc(OCc4ccc(C#N)nc4C)n3)cc1F)n2C. The largest absolute Gasteiger partial charge is 0.494 e. The van der Waals surface area contributed by atoms with E-state index in [-0.39, 0.29) is 47.0 Å². The number of rotatable bonds is 8. The Hall–Kier alpha value is -5.41. The number of benzene rings is 2. The Balaban J connectivity index is 0.000000927. The second-order valence-corrected chi connectivity index (χ2v) is 10.2. The number of methoxy groups -OCH3 is 1. The molecule has 6 rings (SSSR count). The predicted molar refractivity (Wildman–Crippen MR) is 160 cm³/mol. The van der Waals surface area contributed by atoms with E-state index >= 15 is 8.78 Å². The number of nitrogens with zero attached hydrogens (tertiary/aromatic N) is 5. The number of pyridine rings is 2. The molecule has 0 atom stereocenters. The van der Waals surface area contributed by atoms with Crippen molar-refractivity contribution in [3.05, 3.63) is 100 Å². The predicted octanol–water partition coefficient (Wildman–Crippen LogP) is 5.77. The molecular formula is C33H29F2N5O5. The third-order valence-electron chi connectivity index (χ3n) is 7.26. The molecule has 1 fully saturated rings. The van der Waals surface area contributed by atoms with Crippen molar-refractivity contribution in [3.63, 3.8) is 0 Å². The lowest BCUT2D eigenvalue weighted by Crippen LogP contribution is -2.09. The molecule has 12 heteroatoms. The van der Waals surface area contributed by atoms with E-state index in [0.29, 0.717) is 28.2 Å². The first-order valence-corrected chi connectivity index (χ1v) is 14.0. The molecule has 3 aromatic heterocycles. The summed E-state index contributed by atoms with van der Waals surface area (Å²) >= 11 is 0. The van der Waals surface area contributed by atoms with E-state index in [1.807, 2.05) is 6.07 Å². The highest BCUT2D eigenvalue weighted by Gasteiger charge is 2.19. The molecule has 0 aliphatic carbocycles. The minimum Gasteiger partial charge on any atom is -0.494 e. The minimum absolute atomic E-state index is 0.0212. The number of fused-ring (bicyclic) bond motifs is 1. The molecule has 10 nitrogen and oxygen atoms in total. The molecule has 1 N–H and O–H groups in total. The number of imidazole rings is 1. The zero-order valence-corrected chi connectivity index (χ0v) is 24.8. The smallest absolute Gasteiger partial charge is 0.335 e. The molecule has 5 aromatic rings. The standard InChI is InChI=1S/C30H23F2N5O4.C3H6O/c1-16-17(7-8-20(14-33)34-16)15-41-28-6-4-5-24(35-28)21-13-22(31)18(9-23(21)32)12-27-36-29-25(37(27)2)10-19(30(38)39)11-26(29)40-3;1-2-4-3-1/h4-11,13H,12,15H2,1-3H3,(H,38,39);1-3H2. The lowest BCUT2D eigenvalue weighted by Gasteiger charge is -2.11. The van der Waals surface area contributed by atoms with Gasteiger partial charge in [0.1, 0.15) is 47.1 Å². The van der Waals surface area contributed by atoms with Crippen molar-refractivity contribution in [1.29, 1.82) is 5.26 Å². The Kier molecular flexibility index (Phi) is 9.30. The van der Waals surface area contributed by atoms with E-state index in [4.69, 9.17) is 19.5 Å². The third-order valence-corrected chi connectivity index (χ3v) is 7.26. The van der Waals surface area contributed by atoms with Crippen LogP contribution in [0.1, 0.15) is 45.1 Å². The van der Waals surface area contributed by atoms with Gasteiger partial charge in [-0.05, 0) is 55.3 Å². The van der Waals surface area contributed by atoms with Crippen LogP contribution in [0.3, 0.4) is 0 Å². The van der Waals surface area contributed by atoms with Gasteiger partial charge >= 0.3 is 5.97 Å². The highest BCUT2D eigenvalue weighted by Crippen LogP contribution is 2.30. The zero-order valence-electron chi connectivity index (χ0n) is 24.8. The summed E-state index contributed by atoms with van der Waals surface area (Å²) in [4.78, 5) is 24.5. The number of halogens is 2. The maximum atomic E-state index is 15.3. The number of ether oxygens (including phenoxy) is 3. The van der Waals surface area contributed by atoms with Crippen LogP contribution in [0, 0.1) is 29.9 Å². The van der Waals surface area contributed by atoms with Gasteiger partial charge in [-0.15, -0.1) is 0 Å². The van der Waals surface area contributed by atoms with Crippen molar-refractivity contribution in [2.45, 2.75) is 26.4 Å². The number of hydrogen-bond donors (Lipinski definition) is 1. The number of aromatic nitrogens is 4. The Labute approximate surface area is 257 Å². The lowest BCUT2D eigenvalue weighted by molar-refractivity contribution is 0.0367. The van der Waals surface area contributed by atoms with Crippen molar-refractivity contribution in [2.75, 3.05) is 20.3 Å². The second kappa shape index (κ2) is 13.5. The number of aromatic carboxylic acids is 1. The van der Waals surface area contributed by atoms with Gasteiger partial charge in [-0.1, -0.05) is 12.1 Å². The summed E-state index contributed by atoms with van der Waals surface area (Å²) in [5.41, 5.74) is 2.85. The van der Waals surface area contributed by atoms with E-state index in [1.165, 1.54) is 25.7 Å². The molecule has 4 heterocycles. The summed E-state index contributed by atoms with van der Waals surface area (Å²) in [6.07, 6.45) is 1.23. The number of carboxylic acid groups (broad SMARTS) is 1. The van der Waals surface area contributed by atoms with Crippen LogP contribution in [0.2, 0.25) is 0 Å². The number of carbonyl (C=O) groups is 1. The van der Waals surface area contributed by atoms with Gasteiger partial charge in [-0.2, -0.15) is 5.26 Å². The van der Waals surface area contributed by atoms with Gasteiger partial charge in [0.15, 0.2) is 0 Å². The van der Waals surface area contributed by atoms with Gasteiger partial charge in [0, 0.05) is 49.6 Å². The Morgan fingerprint density at radius 3 is 2.47 bits per heavy atom. The third kappa shape index (κ3) is 6.89. The molecule has 1 aliphatic heterocycles. The first kappa shape index (κ1) is 31.0. The van der Waals surface area contributed by atoms with Gasteiger partial charge in [0.05, 0.1) is 23.9 Å². The number of nitriles is 1. The van der Waals surface area contributed by atoms with Gasteiger partial charge < -0.3 is 23.9 Å². The van der Waals surface area contributed by atoms with Gasteiger partial charge in [-0.25, -0.2) is 28.5 Å². The Morgan fingerprint density at radius 1 is 1.07 bits per heavy atom. The fourth-order valence-corrected chi connectivity index (χ4v) is 4.58. The molecule has 0 unspecified atom stereocenters. The van der Waals surface area contributed by atoms with Crippen molar-refractivity contribution >= 4 is 17.0 Å². The van der Waals surface area contributed by atoms with Gasteiger partial charge in [-0.3, -0.25) is 0 Å². The van der Waals surface area contributed by atoms with E-state index in [1.54, 1.807) is 48.9 Å². The molecule has 0 spiro atoms. The van der Waals surface area contributed by atoms with Crippen LogP contribution < -0.4 is 9.47 Å².